The van der Waals surface area contributed by atoms with Crippen molar-refractivity contribution in [2.75, 3.05) is 38.7 Å². The maximum Gasteiger partial charge on any atom is 0.414 e. The fourth-order valence-electron chi connectivity index (χ4n) is 1.45. The van der Waals surface area contributed by atoms with Crippen molar-refractivity contribution in [3.8, 4) is 0 Å². The van der Waals surface area contributed by atoms with Crippen molar-refractivity contribution in [3.05, 3.63) is 0 Å². The second kappa shape index (κ2) is 8.08. The van der Waals surface area contributed by atoms with E-state index >= 15 is 0 Å². The molecule has 1 aliphatic rings. The van der Waals surface area contributed by atoms with E-state index in [9.17, 15) is 8.42 Å². The zero-order valence-electron chi connectivity index (χ0n) is 11.0. The Morgan fingerprint density at radius 2 is 1.79 bits per heavy atom. The van der Waals surface area contributed by atoms with Crippen LogP contribution in [0.3, 0.4) is 0 Å². The summed E-state index contributed by atoms with van der Waals surface area (Å²) >= 11 is 0. The molecule has 0 spiro atoms. The molecule has 1 unspecified atom stereocenters. The lowest BCUT2D eigenvalue weighted by molar-refractivity contribution is -0.159. The summed E-state index contributed by atoms with van der Waals surface area (Å²) in [7, 11) is 1.29. The molecule has 0 radical (unpaired) electrons. The van der Waals surface area contributed by atoms with Crippen LogP contribution in [0.4, 0.5) is 0 Å². The van der Waals surface area contributed by atoms with Crippen LogP contribution in [0.5, 0.6) is 0 Å². The minimum absolute atomic E-state index is 0.185. The van der Waals surface area contributed by atoms with E-state index in [2.05, 4.69) is 10.2 Å². The molecule has 0 aromatic carbocycles. The molecule has 9 heteroatoms. The molecule has 1 saturated heterocycles. The number of likely N-dealkylation sites (N-methyl/N-ethyl adjacent to an activating group) is 1. The molecule has 1 heterocycles. The van der Waals surface area contributed by atoms with Crippen LogP contribution in [-0.4, -0.2) is 80.2 Å². The van der Waals surface area contributed by atoms with E-state index in [1.165, 1.54) is 0 Å². The van der Waals surface area contributed by atoms with E-state index in [4.69, 9.17) is 19.8 Å². The summed E-state index contributed by atoms with van der Waals surface area (Å²) in [6.45, 7) is 1.82. The maximum atomic E-state index is 11.1. The van der Waals surface area contributed by atoms with Crippen LogP contribution >= 0.6 is 0 Å². The van der Waals surface area contributed by atoms with E-state index in [1.54, 1.807) is 0 Å². The number of sulfone groups is 1. The highest BCUT2D eigenvalue weighted by Gasteiger charge is 2.26. The topological polar surface area (TPSA) is 124 Å². The highest BCUT2D eigenvalue weighted by Crippen LogP contribution is 2.10. The smallest absolute Gasteiger partial charge is 0.414 e. The molecule has 0 saturated carbocycles. The minimum atomic E-state index is -2.72. The Bertz CT molecular complexity index is 394. The molecule has 112 valence electrons. The van der Waals surface area contributed by atoms with Gasteiger partial charge >= 0.3 is 11.9 Å². The van der Waals surface area contributed by atoms with Gasteiger partial charge in [-0.25, -0.2) is 18.0 Å². The molecule has 19 heavy (non-hydrogen) atoms. The third kappa shape index (κ3) is 9.40. The van der Waals surface area contributed by atoms with Crippen molar-refractivity contribution in [1.29, 1.82) is 0 Å². The van der Waals surface area contributed by atoms with Crippen molar-refractivity contribution in [2.45, 2.75) is 12.5 Å². The molecule has 1 atom stereocenters. The van der Waals surface area contributed by atoms with Crippen molar-refractivity contribution < 1.29 is 28.2 Å². The summed E-state index contributed by atoms with van der Waals surface area (Å²) in [5.74, 6) is -2.97. The van der Waals surface area contributed by atoms with Gasteiger partial charge in [-0.05, 0) is 20.5 Å². The fourth-order valence-corrected chi connectivity index (χ4v) is 3.16. The first kappa shape index (κ1) is 17.8. The third-order valence-electron chi connectivity index (χ3n) is 2.41. The maximum absolute atomic E-state index is 11.1. The Kier molecular flexibility index (Phi) is 7.57. The number of carboxylic acid groups (broad SMARTS) is 2. The van der Waals surface area contributed by atoms with Crippen LogP contribution in [0.15, 0.2) is 0 Å². The van der Waals surface area contributed by atoms with Gasteiger partial charge in [0.1, 0.15) is 0 Å². The predicted octanol–water partition coefficient (Wildman–Crippen LogP) is -1.52. The largest absolute Gasteiger partial charge is 0.473 e. The molecular formula is C10H20N2O6S. The molecule has 1 fully saturated rings. The average molecular weight is 296 g/mol. The van der Waals surface area contributed by atoms with Gasteiger partial charge < -0.3 is 20.4 Å². The standard InChI is InChI=1S/C8H18N2O2S.C2H2O4/c1-10(2)5-4-9-8-3-6-13(11,12)7-8;3-1(4)2(5)6/h8-9H,3-7H2,1-2H3;(H,3,4)(H,5,6). The Morgan fingerprint density at radius 3 is 2.11 bits per heavy atom. The van der Waals surface area contributed by atoms with Gasteiger partial charge in [0, 0.05) is 19.1 Å². The summed E-state index contributed by atoms with van der Waals surface area (Å²) in [5, 5.41) is 18.0. The summed E-state index contributed by atoms with van der Waals surface area (Å²) in [6.07, 6.45) is 0.774. The first-order valence-corrected chi connectivity index (χ1v) is 7.51. The second-order valence-electron chi connectivity index (χ2n) is 4.47. The van der Waals surface area contributed by atoms with Gasteiger partial charge in [-0.2, -0.15) is 0 Å². The molecule has 1 aliphatic heterocycles. The van der Waals surface area contributed by atoms with E-state index < -0.39 is 21.8 Å². The summed E-state index contributed by atoms with van der Waals surface area (Å²) in [4.78, 5) is 20.3. The normalized spacial score (nSPS) is 20.7. The number of rotatable bonds is 4. The lowest BCUT2D eigenvalue weighted by atomic mass is 10.2. The van der Waals surface area contributed by atoms with Crippen LogP contribution in [0.1, 0.15) is 6.42 Å². The molecule has 0 bridgehead atoms. The van der Waals surface area contributed by atoms with Crippen molar-refractivity contribution in [2.24, 2.45) is 0 Å². The SMILES string of the molecule is CN(C)CCNC1CCS(=O)(=O)C1.O=C(O)C(=O)O. The van der Waals surface area contributed by atoms with Crippen LogP contribution in [0.25, 0.3) is 0 Å². The first-order chi connectivity index (χ1) is 8.64. The Hall–Kier alpha value is -1.19. The van der Waals surface area contributed by atoms with E-state index in [-0.39, 0.29) is 6.04 Å². The number of hydrogen-bond donors (Lipinski definition) is 3. The molecule has 0 amide bonds. The summed E-state index contributed by atoms with van der Waals surface area (Å²) < 4.78 is 22.2. The minimum Gasteiger partial charge on any atom is -0.473 e. The lowest BCUT2D eigenvalue weighted by Crippen LogP contribution is -2.35. The number of carbonyl (C=O) groups is 2. The molecule has 1 rings (SSSR count). The van der Waals surface area contributed by atoms with E-state index in [0.717, 1.165) is 19.5 Å². The van der Waals surface area contributed by atoms with Gasteiger partial charge in [0.2, 0.25) is 0 Å². The van der Waals surface area contributed by atoms with Crippen molar-refractivity contribution in [3.63, 3.8) is 0 Å². The highest BCUT2D eigenvalue weighted by atomic mass is 32.2. The zero-order chi connectivity index (χ0) is 15.1. The van der Waals surface area contributed by atoms with Gasteiger partial charge in [0.25, 0.3) is 0 Å². The quantitative estimate of drug-likeness (QED) is 0.534. The third-order valence-corrected chi connectivity index (χ3v) is 4.18. The molecule has 0 aromatic heterocycles. The monoisotopic (exact) mass is 296 g/mol. The predicted molar refractivity (Wildman–Crippen MR) is 68.9 cm³/mol. The second-order valence-corrected chi connectivity index (χ2v) is 6.70. The van der Waals surface area contributed by atoms with Crippen LogP contribution in [-0.2, 0) is 19.4 Å². The number of carboxylic acids is 2. The van der Waals surface area contributed by atoms with Crippen LogP contribution in [0, 0.1) is 0 Å². The number of aliphatic carboxylic acids is 2. The Morgan fingerprint density at radius 1 is 1.26 bits per heavy atom. The fraction of sp³-hybridized carbons (Fsp3) is 0.800. The van der Waals surface area contributed by atoms with Gasteiger partial charge in [0.05, 0.1) is 11.5 Å². The van der Waals surface area contributed by atoms with E-state index in [1.807, 2.05) is 14.1 Å². The number of nitrogens with zero attached hydrogens (tertiary/aromatic N) is 1. The molecule has 8 nitrogen and oxygen atoms in total. The van der Waals surface area contributed by atoms with Crippen molar-refractivity contribution in [1.82, 2.24) is 10.2 Å². The van der Waals surface area contributed by atoms with Gasteiger partial charge in [0.15, 0.2) is 9.84 Å². The first-order valence-electron chi connectivity index (χ1n) is 5.69. The van der Waals surface area contributed by atoms with Gasteiger partial charge in [-0.1, -0.05) is 0 Å². The van der Waals surface area contributed by atoms with Crippen molar-refractivity contribution >= 4 is 21.8 Å². The molecule has 3 N–H and O–H groups in total. The Balaban J connectivity index is 0.000000459. The lowest BCUT2D eigenvalue weighted by Gasteiger charge is -2.13. The van der Waals surface area contributed by atoms with E-state index in [0.29, 0.717) is 11.5 Å². The van der Waals surface area contributed by atoms with Gasteiger partial charge in [-0.3, -0.25) is 0 Å². The molecule has 0 aliphatic carbocycles. The average Bonchev–Trinajstić information content (AvgIpc) is 2.58. The summed E-state index contributed by atoms with van der Waals surface area (Å²) in [6, 6.07) is 0.185. The molecule has 0 aromatic rings. The number of hydrogen-bond acceptors (Lipinski definition) is 6. The van der Waals surface area contributed by atoms with Crippen LogP contribution < -0.4 is 5.32 Å². The zero-order valence-corrected chi connectivity index (χ0v) is 11.8. The van der Waals surface area contributed by atoms with Gasteiger partial charge in [-0.15, -0.1) is 0 Å². The Labute approximate surface area is 112 Å². The molecular weight excluding hydrogens is 276 g/mol. The summed E-state index contributed by atoms with van der Waals surface area (Å²) in [5.41, 5.74) is 0. The highest BCUT2D eigenvalue weighted by molar-refractivity contribution is 7.91. The van der Waals surface area contributed by atoms with Crippen LogP contribution in [0.2, 0.25) is 0 Å². The number of nitrogens with one attached hydrogen (secondary N) is 1.